The average Bonchev–Trinajstić information content (AvgIpc) is 3.03. The molecule has 0 saturated heterocycles. The number of fused-ring (bicyclic) bond motifs is 1. The first-order valence-corrected chi connectivity index (χ1v) is 7.83. The molecule has 7 heteroatoms. The molecule has 24 heavy (non-hydrogen) atoms. The summed E-state index contributed by atoms with van der Waals surface area (Å²) in [4.78, 5) is 11.0. The highest BCUT2D eigenvalue weighted by Gasteiger charge is 2.12. The van der Waals surface area contributed by atoms with Crippen molar-refractivity contribution in [1.29, 1.82) is 0 Å². The van der Waals surface area contributed by atoms with Crippen molar-refractivity contribution in [1.82, 2.24) is 24.5 Å². The molecule has 0 saturated carbocycles. The molecule has 3 rings (SSSR count). The van der Waals surface area contributed by atoms with Crippen LogP contribution in [0.3, 0.4) is 0 Å². The highest BCUT2D eigenvalue weighted by molar-refractivity contribution is 5.66. The van der Waals surface area contributed by atoms with E-state index in [9.17, 15) is 0 Å². The second-order valence-electron chi connectivity index (χ2n) is 6.03. The van der Waals surface area contributed by atoms with Crippen LogP contribution in [0.5, 0.6) is 5.75 Å². The third-order valence-corrected chi connectivity index (χ3v) is 3.67. The van der Waals surface area contributed by atoms with E-state index in [0.29, 0.717) is 5.78 Å². The van der Waals surface area contributed by atoms with E-state index < -0.39 is 0 Å². The Kier molecular flexibility index (Phi) is 4.61. The van der Waals surface area contributed by atoms with Gasteiger partial charge in [-0.05, 0) is 45.3 Å². The van der Waals surface area contributed by atoms with Gasteiger partial charge in [-0.3, -0.25) is 0 Å². The maximum Gasteiger partial charge on any atom is 0.254 e. The monoisotopic (exact) mass is 326 g/mol. The van der Waals surface area contributed by atoms with Crippen molar-refractivity contribution in [2.45, 2.75) is 13.0 Å². The third-order valence-electron chi connectivity index (χ3n) is 3.67. The van der Waals surface area contributed by atoms with Crippen LogP contribution >= 0.6 is 0 Å². The predicted octanol–water partition coefficient (Wildman–Crippen LogP) is 2.16. The number of anilines is 1. The summed E-state index contributed by atoms with van der Waals surface area (Å²) >= 11 is 0. The molecule has 0 aliphatic carbocycles. The Morgan fingerprint density at radius 3 is 2.67 bits per heavy atom. The van der Waals surface area contributed by atoms with E-state index in [1.807, 2.05) is 30.3 Å². The van der Waals surface area contributed by atoms with Crippen molar-refractivity contribution in [3.05, 3.63) is 36.7 Å². The van der Waals surface area contributed by atoms with Gasteiger partial charge in [0.25, 0.3) is 5.78 Å². The molecule has 3 aromatic rings. The van der Waals surface area contributed by atoms with Crippen LogP contribution in [0.2, 0.25) is 0 Å². The Hall–Kier alpha value is -2.67. The van der Waals surface area contributed by atoms with Crippen LogP contribution in [-0.2, 0) is 0 Å². The zero-order valence-electron chi connectivity index (χ0n) is 14.4. The van der Waals surface area contributed by atoms with Gasteiger partial charge in [-0.25, -0.2) is 4.98 Å². The Morgan fingerprint density at radius 2 is 2.00 bits per heavy atom. The normalized spacial score (nSPS) is 12.5. The maximum absolute atomic E-state index is 5.21. The molecule has 0 fully saturated rings. The molecule has 126 valence electrons. The number of benzene rings is 1. The Morgan fingerprint density at radius 1 is 1.25 bits per heavy atom. The van der Waals surface area contributed by atoms with Crippen LogP contribution in [0.15, 0.2) is 36.7 Å². The fraction of sp³-hybridized carbons (Fsp3) is 0.353. The molecule has 2 aromatic heterocycles. The van der Waals surface area contributed by atoms with Crippen LogP contribution in [-0.4, -0.2) is 58.3 Å². The van der Waals surface area contributed by atoms with Gasteiger partial charge in [-0.1, -0.05) is 0 Å². The molecule has 7 nitrogen and oxygen atoms in total. The Balaban J connectivity index is 1.97. The second kappa shape index (κ2) is 6.84. The van der Waals surface area contributed by atoms with E-state index >= 15 is 0 Å². The minimum absolute atomic E-state index is 0.263. The van der Waals surface area contributed by atoms with Gasteiger partial charge >= 0.3 is 0 Å². The third kappa shape index (κ3) is 3.46. The summed E-state index contributed by atoms with van der Waals surface area (Å²) in [6.45, 7) is 3.05. The first-order chi connectivity index (χ1) is 11.6. The van der Waals surface area contributed by atoms with E-state index in [0.717, 1.165) is 29.4 Å². The molecule has 0 aliphatic rings. The lowest BCUT2D eigenvalue weighted by Crippen LogP contribution is -2.30. The van der Waals surface area contributed by atoms with Gasteiger partial charge in [0, 0.05) is 24.2 Å². The number of hydrogen-bond acceptors (Lipinski definition) is 6. The second-order valence-corrected chi connectivity index (χ2v) is 6.03. The molecule has 0 amide bonds. The summed E-state index contributed by atoms with van der Waals surface area (Å²) in [7, 11) is 5.76. The van der Waals surface area contributed by atoms with Crippen LogP contribution in [0.25, 0.3) is 17.0 Å². The number of ether oxygens (including phenoxy) is 1. The minimum Gasteiger partial charge on any atom is -0.497 e. The topological polar surface area (TPSA) is 67.6 Å². The standard InChI is InChI=1S/C17H22N6O/c1-12(10-22(2)3)20-16-9-15(21-17-18-11-19-23(16)17)13-5-7-14(24-4)8-6-13/h5-9,11-12,20H,10H2,1-4H3. The lowest BCUT2D eigenvalue weighted by atomic mass is 10.1. The highest BCUT2D eigenvalue weighted by Crippen LogP contribution is 2.24. The first-order valence-electron chi connectivity index (χ1n) is 7.83. The number of rotatable bonds is 6. The van der Waals surface area contributed by atoms with Gasteiger partial charge in [0.15, 0.2) is 0 Å². The molecule has 0 radical (unpaired) electrons. The van der Waals surface area contributed by atoms with Crippen molar-refractivity contribution < 1.29 is 4.74 Å². The molecule has 1 N–H and O–H groups in total. The molecule has 0 spiro atoms. The molecule has 1 unspecified atom stereocenters. The van der Waals surface area contributed by atoms with Crippen molar-refractivity contribution in [3.8, 4) is 17.0 Å². The summed E-state index contributed by atoms with van der Waals surface area (Å²) in [6.07, 6.45) is 1.52. The minimum atomic E-state index is 0.263. The van der Waals surface area contributed by atoms with E-state index in [1.165, 1.54) is 6.33 Å². The van der Waals surface area contributed by atoms with Crippen molar-refractivity contribution >= 4 is 11.6 Å². The number of likely N-dealkylation sites (N-methyl/N-ethyl adjacent to an activating group) is 1. The SMILES string of the molecule is COc1ccc(-c2cc(NC(C)CN(C)C)n3ncnc3n2)cc1. The maximum atomic E-state index is 5.21. The van der Waals surface area contributed by atoms with Crippen LogP contribution in [0, 0.1) is 0 Å². The van der Waals surface area contributed by atoms with Crippen molar-refractivity contribution in [2.75, 3.05) is 33.1 Å². The molecular weight excluding hydrogens is 304 g/mol. The van der Waals surface area contributed by atoms with Crippen LogP contribution < -0.4 is 10.1 Å². The van der Waals surface area contributed by atoms with Crippen molar-refractivity contribution in [2.24, 2.45) is 0 Å². The fourth-order valence-electron chi connectivity index (χ4n) is 2.67. The van der Waals surface area contributed by atoms with E-state index in [2.05, 4.69) is 46.3 Å². The van der Waals surface area contributed by atoms with Gasteiger partial charge in [0.05, 0.1) is 12.8 Å². The van der Waals surface area contributed by atoms with Gasteiger partial charge in [0.2, 0.25) is 0 Å². The van der Waals surface area contributed by atoms with Crippen LogP contribution in [0.4, 0.5) is 5.82 Å². The number of nitrogens with one attached hydrogen (secondary N) is 1. The highest BCUT2D eigenvalue weighted by atomic mass is 16.5. The zero-order chi connectivity index (χ0) is 17.1. The Bertz CT molecular complexity index is 812. The van der Waals surface area contributed by atoms with Gasteiger partial charge in [-0.15, -0.1) is 0 Å². The molecule has 1 atom stereocenters. The molecule has 0 bridgehead atoms. The van der Waals surface area contributed by atoms with E-state index in [4.69, 9.17) is 4.74 Å². The molecule has 2 heterocycles. The molecule has 1 aromatic carbocycles. The van der Waals surface area contributed by atoms with Crippen molar-refractivity contribution in [3.63, 3.8) is 0 Å². The summed E-state index contributed by atoms with van der Waals surface area (Å²) in [5, 5.41) is 7.75. The zero-order valence-corrected chi connectivity index (χ0v) is 14.4. The summed E-state index contributed by atoms with van der Waals surface area (Å²) < 4.78 is 6.93. The Labute approximate surface area is 141 Å². The fourth-order valence-corrected chi connectivity index (χ4v) is 2.67. The van der Waals surface area contributed by atoms with Gasteiger partial charge < -0.3 is 15.0 Å². The molecule has 0 aliphatic heterocycles. The summed E-state index contributed by atoms with van der Waals surface area (Å²) in [5.41, 5.74) is 1.85. The summed E-state index contributed by atoms with van der Waals surface area (Å²) in [5.74, 6) is 2.26. The first kappa shape index (κ1) is 16.2. The summed E-state index contributed by atoms with van der Waals surface area (Å²) in [6, 6.07) is 10.1. The lowest BCUT2D eigenvalue weighted by molar-refractivity contribution is 0.391. The largest absolute Gasteiger partial charge is 0.497 e. The number of nitrogens with zero attached hydrogens (tertiary/aromatic N) is 5. The number of aromatic nitrogens is 4. The van der Waals surface area contributed by atoms with Gasteiger partial charge in [-0.2, -0.15) is 14.6 Å². The number of hydrogen-bond donors (Lipinski definition) is 1. The molecular formula is C17H22N6O. The lowest BCUT2D eigenvalue weighted by Gasteiger charge is -2.20. The average molecular weight is 326 g/mol. The van der Waals surface area contributed by atoms with E-state index in [-0.39, 0.29) is 6.04 Å². The predicted molar refractivity (Wildman–Crippen MR) is 94.4 cm³/mol. The smallest absolute Gasteiger partial charge is 0.254 e. The van der Waals surface area contributed by atoms with Gasteiger partial charge in [0.1, 0.15) is 17.9 Å². The quantitative estimate of drug-likeness (QED) is 0.749. The van der Waals surface area contributed by atoms with E-state index in [1.54, 1.807) is 11.6 Å². The number of methoxy groups -OCH3 is 1. The van der Waals surface area contributed by atoms with Crippen LogP contribution in [0.1, 0.15) is 6.92 Å².